The number of hydrogen-bond donors (Lipinski definition) is 0. The summed E-state index contributed by atoms with van der Waals surface area (Å²) in [6.45, 7) is 1.90. The van der Waals surface area contributed by atoms with Gasteiger partial charge in [0.05, 0.1) is 0 Å². The molecule has 0 atom stereocenters. The number of ether oxygens (including phenoxy) is 2. The van der Waals surface area contributed by atoms with Crippen molar-refractivity contribution in [2.75, 3.05) is 0 Å². The van der Waals surface area contributed by atoms with Crippen molar-refractivity contribution in [2.24, 2.45) is 0 Å². The van der Waals surface area contributed by atoms with Crippen molar-refractivity contribution in [3.05, 3.63) is 23.8 Å². The van der Waals surface area contributed by atoms with E-state index in [1.54, 1.807) is 0 Å². The van der Waals surface area contributed by atoms with E-state index in [2.05, 4.69) is 9.47 Å². The smallest absolute Gasteiger partial charge is 0.420 e. The van der Waals surface area contributed by atoms with Crippen molar-refractivity contribution in [3.8, 4) is 11.5 Å². The molecule has 0 saturated heterocycles. The molecule has 10 heteroatoms. The fourth-order valence-corrected chi connectivity index (χ4v) is 1.80. The van der Waals surface area contributed by atoms with Crippen LogP contribution in [0.25, 0.3) is 0 Å². The molecule has 1 aromatic carbocycles. The van der Waals surface area contributed by atoms with Gasteiger partial charge >= 0.3 is 24.3 Å². The van der Waals surface area contributed by atoms with Crippen molar-refractivity contribution >= 4 is 11.9 Å². The molecule has 0 aromatic heterocycles. The van der Waals surface area contributed by atoms with Gasteiger partial charge in [0.2, 0.25) is 0 Å². The Kier molecular flexibility index (Phi) is 6.83. The molecule has 0 bridgehead atoms. The minimum atomic E-state index is -5.28. The Morgan fingerprint density at radius 3 is 1.64 bits per heavy atom. The lowest BCUT2D eigenvalue weighted by atomic mass is 10.1. The van der Waals surface area contributed by atoms with Gasteiger partial charge in [-0.3, -0.25) is 0 Å². The predicted octanol–water partition coefficient (Wildman–Crippen LogP) is 4.35. The van der Waals surface area contributed by atoms with Crippen molar-refractivity contribution in [2.45, 2.75) is 45.0 Å². The molecule has 0 saturated carbocycles. The number of carbonyl (C=O) groups is 2. The van der Waals surface area contributed by atoms with Crippen molar-refractivity contribution in [1.29, 1.82) is 0 Å². The van der Waals surface area contributed by atoms with E-state index in [4.69, 9.17) is 0 Å². The zero-order chi connectivity index (χ0) is 19.3. The molecule has 0 radical (unpaired) electrons. The summed E-state index contributed by atoms with van der Waals surface area (Å²) >= 11 is 0. The average molecular weight is 372 g/mol. The number of unbranched alkanes of at least 4 members (excludes halogenated alkanes) is 2. The maximum absolute atomic E-state index is 12.2. The zero-order valence-electron chi connectivity index (χ0n) is 13.0. The normalized spacial score (nSPS) is 12.0. The summed E-state index contributed by atoms with van der Waals surface area (Å²) in [7, 11) is 0. The standard InChI is InChI=1S/C15H14F6O4/c1-2-3-4-5-9-6-10(24-12(22)14(16,17)18)8-11(7-9)25-13(23)15(19,20)21/h6-8H,2-5H2,1H3. The third-order valence-corrected chi connectivity index (χ3v) is 2.89. The Balaban J connectivity index is 3.05. The van der Waals surface area contributed by atoms with Crippen LogP contribution < -0.4 is 9.47 Å². The summed E-state index contributed by atoms with van der Waals surface area (Å²) in [4.78, 5) is 21.7. The largest absolute Gasteiger partial charge is 0.491 e. The van der Waals surface area contributed by atoms with Crippen LogP contribution in [0.15, 0.2) is 18.2 Å². The van der Waals surface area contributed by atoms with Gasteiger partial charge in [-0.25, -0.2) is 9.59 Å². The van der Waals surface area contributed by atoms with Crippen molar-refractivity contribution in [1.82, 2.24) is 0 Å². The second-order valence-corrected chi connectivity index (χ2v) is 5.04. The number of hydrogen-bond acceptors (Lipinski definition) is 4. The number of carbonyl (C=O) groups excluding carboxylic acids is 2. The van der Waals surface area contributed by atoms with Crippen LogP contribution in [-0.4, -0.2) is 24.3 Å². The SMILES string of the molecule is CCCCCc1cc(OC(=O)C(F)(F)F)cc(OC(=O)C(F)(F)F)c1. The Morgan fingerprint density at radius 1 is 0.840 bits per heavy atom. The molecule has 0 aliphatic carbocycles. The predicted molar refractivity (Wildman–Crippen MR) is 73.1 cm³/mol. The summed E-state index contributed by atoms with van der Waals surface area (Å²) < 4.78 is 81.6. The zero-order valence-corrected chi connectivity index (χ0v) is 13.0. The van der Waals surface area contributed by atoms with Gasteiger partial charge in [0.15, 0.2) is 0 Å². The fraction of sp³-hybridized carbons (Fsp3) is 0.467. The van der Waals surface area contributed by atoms with Gasteiger partial charge in [-0.2, -0.15) is 26.3 Å². The number of aryl methyl sites for hydroxylation is 1. The first-order chi connectivity index (χ1) is 11.4. The highest BCUT2D eigenvalue weighted by Crippen LogP contribution is 2.28. The quantitative estimate of drug-likeness (QED) is 0.322. The van der Waals surface area contributed by atoms with Gasteiger partial charge in [0, 0.05) is 6.07 Å². The maximum atomic E-state index is 12.2. The number of esters is 2. The second-order valence-electron chi connectivity index (χ2n) is 5.04. The molecule has 0 fully saturated rings. The van der Waals surface area contributed by atoms with E-state index in [1.165, 1.54) is 0 Å². The first kappa shape index (κ1) is 20.8. The van der Waals surface area contributed by atoms with Gasteiger partial charge in [0.1, 0.15) is 11.5 Å². The molecular weight excluding hydrogens is 358 g/mol. The van der Waals surface area contributed by atoms with Gasteiger partial charge in [-0.1, -0.05) is 19.8 Å². The highest BCUT2D eigenvalue weighted by molar-refractivity contribution is 5.79. The first-order valence-electron chi connectivity index (χ1n) is 7.15. The maximum Gasteiger partial charge on any atom is 0.491 e. The van der Waals surface area contributed by atoms with E-state index in [-0.39, 0.29) is 5.56 Å². The molecule has 25 heavy (non-hydrogen) atoms. The summed E-state index contributed by atoms with van der Waals surface area (Å²) in [6, 6.07) is 2.76. The minimum absolute atomic E-state index is 0.269. The van der Waals surface area contributed by atoms with Gasteiger partial charge in [0.25, 0.3) is 0 Å². The monoisotopic (exact) mass is 372 g/mol. The lowest BCUT2D eigenvalue weighted by Gasteiger charge is -2.12. The first-order valence-corrected chi connectivity index (χ1v) is 7.15. The molecule has 0 unspecified atom stereocenters. The van der Waals surface area contributed by atoms with Gasteiger partial charge in [-0.15, -0.1) is 0 Å². The van der Waals surface area contributed by atoms with Crippen LogP contribution in [0, 0.1) is 0 Å². The molecule has 0 spiro atoms. The van der Waals surface area contributed by atoms with Crippen LogP contribution in [-0.2, 0) is 16.0 Å². The summed E-state index contributed by atoms with van der Waals surface area (Å²) in [5, 5.41) is 0. The van der Waals surface area contributed by atoms with Crippen molar-refractivity contribution < 1.29 is 45.4 Å². The highest BCUT2D eigenvalue weighted by Gasteiger charge is 2.42. The van der Waals surface area contributed by atoms with Crippen LogP contribution in [0.2, 0.25) is 0 Å². The Hall–Kier alpha value is -2.26. The number of halogens is 6. The molecule has 140 valence electrons. The van der Waals surface area contributed by atoms with E-state index in [0.717, 1.165) is 25.0 Å². The third-order valence-electron chi connectivity index (χ3n) is 2.89. The Bertz CT molecular complexity index is 575. The third kappa shape index (κ3) is 7.02. The fourth-order valence-electron chi connectivity index (χ4n) is 1.80. The van der Waals surface area contributed by atoms with Crippen LogP contribution in [0.1, 0.15) is 31.7 Å². The topological polar surface area (TPSA) is 52.6 Å². The molecule has 1 aromatic rings. The number of benzene rings is 1. The Labute approximate surface area is 138 Å². The highest BCUT2D eigenvalue weighted by atomic mass is 19.4. The molecule has 0 amide bonds. The van der Waals surface area contributed by atoms with Crippen LogP contribution in [0.3, 0.4) is 0 Å². The molecule has 0 aliphatic rings. The summed E-state index contributed by atoms with van der Waals surface area (Å²) in [5.41, 5.74) is 0.269. The van der Waals surface area contributed by atoms with Gasteiger partial charge < -0.3 is 9.47 Å². The van der Waals surface area contributed by atoms with E-state index >= 15 is 0 Å². The lowest BCUT2D eigenvalue weighted by Crippen LogP contribution is -2.29. The molecule has 0 N–H and O–H groups in total. The van der Waals surface area contributed by atoms with Crippen LogP contribution >= 0.6 is 0 Å². The van der Waals surface area contributed by atoms with E-state index in [9.17, 15) is 35.9 Å². The second kappa shape index (κ2) is 8.21. The molecule has 1 rings (SSSR count). The van der Waals surface area contributed by atoms with E-state index < -0.39 is 35.8 Å². The van der Waals surface area contributed by atoms with E-state index in [0.29, 0.717) is 18.9 Å². The summed E-state index contributed by atoms with van der Waals surface area (Å²) in [5.74, 6) is -6.40. The van der Waals surface area contributed by atoms with Crippen LogP contribution in [0.4, 0.5) is 26.3 Å². The summed E-state index contributed by atoms with van der Waals surface area (Å²) in [6.07, 6.45) is -8.06. The molecule has 0 heterocycles. The van der Waals surface area contributed by atoms with Gasteiger partial charge in [-0.05, 0) is 30.5 Å². The van der Waals surface area contributed by atoms with E-state index in [1.807, 2.05) is 6.92 Å². The van der Waals surface area contributed by atoms with Crippen LogP contribution in [0.5, 0.6) is 11.5 Å². The van der Waals surface area contributed by atoms with Crippen molar-refractivity contribution in [3.63, 3.8) is 0 Å². The molecule has 0 aliphatic heterocycles. The number of alkyl halides is 6. The Morgan fingerprint density at radius 2 is 1.28 bits per heavy atom. The molecular formula is C15H14F6O4. The number of rotatable bonds is 6. The average Bonchev–Trinajstić information content (AvgIpc) is 2.45. The lowest BCUT2D eigenvalue weighted by molar-refractivity contribution is -0.190. The molecule has 4 nitrogen and oxygen atoms in total. The minimum Gasteiger partial charge on any atom is -0.420 e.